The molecule has 2 rings (SSSR count). The lowest BCUT2D eigenvalue weighted by Gasteiger charge is -2.28. The first kappa shape index (κ1) is 15.9. The summed E-state index contributed by atoms with van der Waals surface area (Å²) in [6.07, 6.45) is 5.38. The maximum absolute atomic E-state index is 12.0. The maximum Gasteiger partial charge on any atom is 0.325 e. The summed E-state index contributed by atoms with van der Waals surface area (Å²) in [5.74, 6) is 0.983. The average molecular weight is 313 g/mol. The maximum atomic E-state index is 12.0. The molecule has 1 atom stereocenters. The monoisotopic (exact) mass is 313 g/mol. The van der Waals surface area contributed by atoms with Gasteiger partial charge in [0.2, 0.25) is 0 Å². The molecule has 20 heavy (non-hydrogen) atoms. The van der Waals surface area contributed by atoms with Gasteiger partial charge in [-0.1, -0.05) is 12.5 Å². The van der Waals surface area contributed by atoms with E-state index >= 15 is 0 Å². The second-order valence-electron chi connectivity index (χ2n) is 5.48. The number of thiophene rings is 1. The van der Waals surface area contributed by atoms with Crippen molar-refractivity contribution in [3.8, 4) is 0 Å². The number of esters is 1. The van der Waals surface area contributed by atoms with Crippen LogP contribution in [-0.2, 0) is 9.53 Å². The van der Waals surface area contributed by atoms with E-state index in [0.29, 0.717) is 6.04 Å². The number of unbranched alkanes of at least 4 members (excludes halogenated alkanes) is 1. The van der Waals surface area contributed by atoms with Crippen molar-refractivity contribution in [1.29, 1.82) is 0 Å². The molecule has 0 aromatic carbocycles. The van der Waals surface area contributed by atoms with Gasteiger partial charge in [0.1, 0.15) is 5.54 Å². The van der Waals surface area contributed by atoms with E-state index in [9.17, 15) is 4.79 Å². The van der Waals surface area contributed by atoms with Crippen LogP contribution < -0.4 is 5.32 Å². The highest BCUT2D eigenvalue weighted by Crippen LogP contribution is 2.28. The zero-order valence-electron chi connectivity index (χ0n) is 12.2. The number of carbonyl (C=O) groups is 1. The minimum absolute atomic E-state index is 0.129. The fourth-order valence-electron chi connectivity index (χ4n) is 2.24. The predicted molar refractivity (Wildman–Crippen MR) is 85.5 cm³/mol. The Labute approximate surface area is 129 Å². The molecule has 0 spiro atoms. The minimum atomic E-state index is -0.510. The van der Waals surface area contributed by atoms with Gasteiger partial charge >= 0.3 is 5.97 Å². The summed E-state index contributed by atoms with van der Waals surface area (Å²) in [5.41, 5.74) is -0.510. The lowest BCUT2D eigenvalue weighted by atomic mass is 9.95. The SMILES string of the molecule is COC(=O)C(C)(CCCCSc1cccs1)NC1CC1. The van der Waals surface area contributed by atoms with Crippen LogP contribution in [0.15, 0.2) is 21.7 Å². The van der Waals surface area contributed by atoms with E-state index in [1.165, 1.54) is 24.2 Å². The van der Waals surface area contributed by atoms with Crippen LogP contribution in [-0.4, -0.2) is 30.4 Å². The molecule has 0 aliphatic heterocycles. The van der Waals surface area contributed by atoms with Gasteiger partial charge in [-0.15, -0.1) is 23.1 Å². The molecular formula is C15H23NO2S2. The summed E-state index contributed by atoms with van der Waals surface area (Å²) < 4.78 is 6.33. The number of carbonyl (C=O) groups excluding carboxylic acids is 1. The Hall–Kier alpha value is -0.520. The largest absolute Gasteiger partial charge is 0.468 e. The van der Waals surface area contributed by atoms with Crippen LogP contribution in [0.1, 0.15) is 39.0 Å². The van der Waals surface area contributed by atoms with Crippen LogP contribution in [0.5, 0.6) is 0 Å². The Balaban J connectivity index is 1.69. The molecule has 1 aliphatic carbocycles. The molecule has 0 bridgehead atoms. The van der Waals surface area contributed by atoms with Crippen molar-refractivity contribution >= 4 is 29.1 Å². The molecule has 1 unspecified atom stereocenters. The number of ether oxygens (including phenoxy) is 1. The summed E-state index contributed by atoms with van der Waals surface area (Å²) in [6.45, 7) is 1.98. The third kappa shape index (κ3) is 4.79. The van der Waals surface area contributed by atoms with Crippen molar-refractivity contribution < 1.29 is 9.53 Å². The number of hydrogen-bond donors (Lipinski definition) is 1. The molecule has 3 nitrogen and oxygen atoms in total. The molecule has 0 radical (unpaired) electrons. The molecule has 1 saturated carbocycles. The molecule has 1 fully saturated rings. The van der Waals surface area contributed by atoms with Gasteiger partial charge < -0.3 is 4.74 Å². The molecule has 0 saturated heterocycles. The zero-order valence-corrected chi connectivity index (χ0v) is 13.8. The molecule has 1 N–H and O–H groups in total. The Morgan fingerprint density at radius 1 is 1.55 bits per heavy atom. The van der Waals surface area contributed by atoms with Crippen LogP contribution in [0.4, 0.5) is 0 Å². The van der Waals surface area contributed by atoms with Gasteiger partial charge in [0, 0.05) is 6.04 Å². The Kier molecular flexibility index (Phi) is 5.93. The summed E-state index contributed by atoms with van der Waals surface area (Å²) in [4.78, 5) is 12.0. The van der Waals surface area contributed by atoms with Crippen molar-refractivity contribution in [2.75, 3.05) is 12.9 Å². The Morgan fingerprint density at radius 3 is 2.95 bits per heavy atom. The van der Waals surface area contributed by atoms with E-state index < -0.39 is 5.54 Å². The zero-order chi connectivity index (χ0) is 14.4. The second kappa shape index (κ2) is 7.48. The first-order chi connectivity index (χ1) is 9.64. The highest BCUT2D eigenvalue weighted by Gasteiger charge is 2.38. The van der Waals surface area contributed by atoms with Gasteiger partial charge in [-0.3, -0.25) is 10.1 Å². The Bertz CT molecular complexity index is 418. The smallest absolute Gasteiger partial charge is 0.325 e. The number of methoxy groups -OCH3 is 1. The fourth-order valence-corrected chi connectivity index (χ4v) is 4.10. The van der Waals surface area contributed by atoms with E-state index in [-0.39, 0.29) is 5.97 Å². The summed E-state index contributed by atoms with van der Waals surface area (Å²) in [7, 11) is 1.47. The molecular weight excluding hydrogens is 290 g/mol. The van der Waals surface area contributed by atoms with Crippen LogP contribution >= 0.6 is 23.1 Å². The topological polar surface area (TPSA) is 38.3 Å². The first-order valence-corrected chi connectivity index (χ1v) is 9.03. The fraction of sp³-hybridized carbons (Fsp3) is 0.667. The summed E-state index contributed by atoms with van der Waals surface area (Å²) >= 11 is 3.69. The van der Waals surface area contributed by atoms with Crippen LogP contribution in [0.25, 0.3) is 0 Å². The van der Waals surface area contributed by atoms with Gasteiger partial charge in [0.15, 0.2) is 0 Å². The number of nitrogens with one attached hydrogen (secondary N) is 1. The minimum Gasteiger partial charge on any atom is -0.468 e. The summed E-state index contributed by atoms with van der Waals surface area (Å²) in [5, 5.41) is 5.55. The average Bonchev–Trinajstić information content (AvgIpc) is 3.09. The van der Waals surface area contributed by atoms with Gasteiger partial charge in [0.05, 0.1) is 11.3 Å². The molecule has 1 aliphatic rings. The van der Waals surface area contributed by atoms with Crippen LogP contribution in [0, 0.1) is 0 Å². The molecule has 112 valence electrons. The van der Waals surface area contributed by atoms with Crippen molar-refractivity contribution in [3.05, 3.63) is 17.5 Å². The standard InChI is InChI=1S/C15H23NO2S2/c1-15(14(17)18-2,16-12-7-8-12)9-3-4-10-19-13-6-5-11-20-13/h5-6,11-12,16H,3-4,7-10H2,1-2H3. The van der Waals surface area contributed by atoms with E-state index in [2.05, 4.69) is 22.8 Å². The van der Waals surface area contributed by atoms with E-state index in [4.69, 9.17) is 4.74 Å². The molecule has 5 heteroatoms. The predicted octanol–water partition coefficient (Wildman–Crippen LogP) is 3.69. The van der Waals surface area contributed by atoms with Crippen molar-refractivity contribution in [1.82, 2.24) is 5.32 Å². The number of thioether (sulfide) groups is 1. The van der Waals surface area contributed by atoms with Crippen LogP contribution in [0.3, 0.4) is 0 Å². The van der Waals surface area contributed by atoms with E-state index in [1.807, 2.05) is 18.7 Å². The van der Waals surface area contributed by atoms with Crippen molar-refractivity contribution in [3.63, 3.8) is 0 Å². The molecule has 1 aromatic rings. The number of hydrogen-bond acceptors (Lipinski definition) is 5. The third-order valence-electron chi connectivity index (χ3n) is 3.55. The highest BCUT2D eigenvalue weighted by molar-refractivity contribution is 8.01. The van der Waals surface area contributed by atoms with Gasteiger partial charge in [-0.25, -0.2) is 0 Å². The van der Waals surface area contributed by atoms with E-state index in [0.717, 1.165) is 25.0 Å². The first-order valence-electron chi connectivity index (χ1n) is 7.16. The molecule has 1 aromatic heterocycles. The lowest BCUT2D eigenvalue weighted by molar-refractivity contribution is -0.148. The van der Waals surface area contributed by atoms with Crippen molar-refractivity contribution in [2.24, 2.45) is 0 Å². The molecule has 0 amide bonds. The highest BCUT2D eigenvalue weighted by atomic mass is 32.2. The summed E-state index contributed by atoms with van der Waals surface area (Å²) in [6, 6.07) is 4.75. The normalized spacial score (nSPS) is 17.7. The quantitative estimate of drug-likeness (QED) is 0.429. The lowest BCUT2D eigenvalue weighted by Crippen LogP contribution is -2.51. The van der Waals surface area contributed by atoms with Crippen molar-refractivity contribution in [2.45, 2.75) is 54.8 Å². The number of rotatable bonds is 9. The van der Waals surface area contributed by atoms with Gasteiger partial charge in [-0.2, -0.15) is 0 Å². The second-order valence-corrected chi connectivity index (χ2v) is 7.82. The Morgan fingerprint density at radius 2 is 2.35 bits per heavy atom. The van der Waals surface area contributed by atoms with Crippen LogP contribution in [0.2, 0.25) is 0 Å². The third-order valence-corrected chi connectivity index (χ3v) is 5.76. The van der Waals surface area contributed by atoms with Gasteiger partial charge in [0.25, 0.3) is 0 Å². The van der Waals surface area contributed by atoms with E-state index in [1.54, 1.807) is 11.3 Å². The van der Waals surface area contributed by atoms with Gasteiger partial charge in [-0.05, 0) is 49.8 Å². The molecule has 1 heterocycles.